The summed E-state index contributed by atoms with van der Waals surface area (Å²) in [6.07, 6.45) is 0.919. The van der Waals surface area contributed by atoms with Gasteiger partial charge in [0.1, 0.15) is 5.82 Å². The third-order valence-electron chi connectivity index (χ3n) is 2.53. The van der Waals surface area contributed by atoms with Crippen LogP contribution < -0.4 is 0 Å². The first-order valence-electron chi connectivity index (χ1n) is 5.89. The zero-order chi connectivity index (χ0) is 13.8. The molecule has 0 saturated heterocycles. The molecular weight excluding hydrogens is 235 g/mol. The van der Waals surface area contributed by atoms with Gasteiger partial charge in [-0.2, -0.15) is 0 Å². The minimum atomic E-state index is -1.26. The molecule has 0 saturated carbocycles. The first-order chi connectivity index (χ1) is 8.29. The van der Waals surface area contributed by atoms with Gasteiger partial charge in [0.2, 0.25) is 0 Å². The maximum atomic E-state index is 13.4. The van der Waals surface area contributed by atoms with E-state index in [-0.39, 0.29) is 11.0 Å². The molecule has 1 N–H and O–H groups in total. The predicted octanol–water partition coefficient (Wildman–Crippen LogP) is 3.48. The third-order valence-corrected chi connectivity index (χ3v) is 2.53. The van der Waals surface area contributed by atoms with Crippen LogP contribution in [-0.2, 0) is 11.3 Å². The smallest absolute Gasteiger partial charge is 0.338 e. The molecule has 0 spiro atoms. The van der Waals surface area contributed by atoms with E-state index in [1.165, 1.54) is 12.1 Å². The Morgan fingerprint density at radius 1 is 1.39 bits per heavy atom. The lowest BCUT2D eigenvalue weighted by Gasteiger charge is -2.17. The molecule has 0 fully saturated rings. The highest BCUT2D eigenvalue weighted by atomic mass is 19.1. The molecule has 1 rings (SSSR count). The predicted molar refractivity (Wildman–Crippen MR) is 67.1 cm³/mol. The van der Waals surface area contributed by atoms with E-state index in [1.807, 2.05) is 0 Å². The first-order valence-corrected chi connectivity index (χ1v) is 5.89. The van der Waals surface area contributed by atoms with E-state index >= 15 is 0 Å². The van der Waals surface area contributed by atoms with Gasteiger partial charge in [-0.3, -0.25) is 0 Å². The number of halogens is 1. The molecule has 1 aromatic carbocycles. The summed E-state index contributed by atoms with van der Waals surface area (Å²) in [5, 5.41) is 8.69. The van der Waals surface area contributed by atoms with Gasteiger partial charge < -0.3 is 9.84 Å². The van der Waals surface area contributed by atoms with Crippen molar-refractivity contribution in [2.75, 3.05) is 6.61 Å². The van der Waals surface area contributed by atoms with Gasteiger partial charge in [-0.1, -0.05) is 26.8 Å². The second-order valence-electron chi connectivity index (χ2n) is 5.48. The van der Waals surface area contributed by atoms with Crippen LogP contribution in [0.2, 0.25) is 0 Å². The highest BCUT2D eigenvalue weighted by Crippen LogP contribution is 2.18. The van der Waals surface area contributed by atoms with Gasteiger partial charge in [0, 0.05) is 6.61 Å². The van der Waals surface area contributed by atoms with Crippen molar-refractivity contribution in [3.63, 3.8) is 0 Å². The normalized spacial score (nSPS) is 11.6. The zero-order valence-electron chi connectivity index (χ0n) is 11.0. The van der Waals surface area contributed by atoms with Crippen molar-refractivity contribution in [1.29, 1.82) is 0 Å². The van der Waals surface area contributed by atoms with Gasteiger partial charge in [-0.05, 0) is 29.5 Å². The molecule has 0 aromatic heterocycles. The van der Waals surface area contributed by atoms with E-state index in [0.29, 0.717) is 18.8 Å². The maximum Gasteiger partial charge on any atom is 0.338 e. The summed E-state index contributed by atoms with van der Waals surface area (Å²) in [6.45, 7) is 7.27. The molecule has 100 valence electrons. The summed E-state index contributed by atoms with van der Waals surface area (Å²) in [5.41, 5.74) is 0.540. The standard InChI is InChI=1S/C14H19FO3/c1-14(2,3)6-7-18-9-10-4-5-11(13(16)17)12(15)8-10/h4-5,8H,6-7,9H2,1-3H3,(H,16,17). The molecule has 18 heavy (non-hydrogen) atoms. The second kappa shape index (κ2) is 5.96. The number of hydrogen-bond donors (Lipinski definition) is 1. The maximum absolute atomic E-state index is 13.4. The Kier molecular flexibility index (Phi) is 4.84. The summed E-state index contributed by atoms with van der Waals surface area (Å²) in [6, 6.07) is 4.05. The molecule has 0 radical (unpaired) electrons. The van der Waals surface area contributed by atoms with Gasteiger partial charge in [0.25, 0.3) is 0 Å². The van der Waals surface area contributed by atoms with Crippen molar-refractivity contribution >= 4 is 5.97 Å². The second-order valence-corrected chi connectivity index (χ2v) is 5.48. The van der Waals surface area contributed by atoms with Crippen LogP contribution in [0.5, 0.6) is 0 Å². The summed E-state index contributed by atoms with van der Waals surface area (Å²) >= 11 is 0. The Hall–Kier alpha value is -1.42. The molecule has 4 heteroatoms. The lowest BCUT2D eigenvalue weighted by Crippen LogP contribution is -2.09. The van der Waals surface area contributed by atoms with Crippen molar-refractivity contribution in [3.05, 3.63) is 35.1 Å². The van der Waals surface area contributed by atoms with E-state index in [9.17, 15) is 9.18 Å². The Bertz CT molecular complexity index is 422. The summed E-state index contributed by atoms with van der Waals surface area (Å²) in [5.74, 6) is -1.98. The van der Waals surface area contributed by atoms with Crippen LogP contribution in [0.15, 0.2) is 18.2 Å². The fourth-order valence-corrected chi connectivity index (χ4v) is 1.39. The molecule has 1 aromatic rings. The average molecular weight is 254 g/mol. The Morgan fingerprint density at radius 2 is 2.06 bits per heavy atom. The topological polar surface area (TPSA) is 46.5 Å². The number of rotatable bonds is 5. The molecule has 0 aliphatic heterocycles. The van der Waals surface area contributed by atoms with Crippen molar-refractivity contribution in [2.45, 2.75) is 33.8 Å². The van der Waals surface area contributed by atoms with Crippen LogP contribution >= 0.6 is 0 Å². The fraction of sp³-hybridized carbons (Fsp3) is 0.500. The first kappa shape index (κ1) is 14.6. The third kappa shape index (κ3) is 4.84. The minimum absolute atomic E-state index is 0.207. The van der Waals surface area contributed by atoms with Crippen LogP contribution in [0.1, 0.15) is 43.1 Å². The van der Waals surface area contributed by atoms with Crippen molar-refractivity contribution in [3.8, 4) is 0 Å². The molecule has 0 aliphatic carbocycles. The molecule has 0 atom stereocenters. The number of hydrogen-bond acceptors (Lipinski definition) is 2. The fourth-order valence-electron chi connectivity index (χ4n) is 1.39. The monoisotopic (exact) mass is 254 g/mol. The minimum Gasteiger partial charge on any atom is -0.478 e. The number of carboxylic acid groups (broad SMARTS) is 1. The van der Waals surface area contributed by atoms with E-state index in [1.54, 1.807) is 6.07 Å². The highest BCUT2D eigenvalue weighted by molar-refractivity contribution is 5.87. The zero-order valence-corrected chi connectivity index (χ0v) is 11.0. The lowest BCUT2D eigenvalue weighted by molar-refractivity contribution is 0.0691. The Balaban J connectivity index is 2.49. The summed E-state index contributed by atoms with van der Waals surface area (Å²) < 4.78 is 18.8. The summed E-state index contributed by atoms with van der Waals surface area (Å²) in [4.78, 5) is 10.6. The Morgan fingerprint density at radius 3 is 2.56 bits per heavy atom. The van der Waals surface area contributed by atoms with Gasteiger partial charge in [0.05, 0.1) is 12.2 Å². The molecule has 3 nitrogen and oxygen atoms in total. The van der Waals surface area contributed by atoms with E-state index in [2.05, 4.69) is 20.8 Å². The Labute approximate surface area is 107 Å². The number of aromatic carboxylic acids is 1. The SMILES string of the molecule is CC(C)(C)CCOCc1ccc(C(=O)O)c(F)c1. The number of ether oxygens (including phenoxy) is 1. The summed E-state index contributed by atoms with van der Waals surface area (Å²) in [7, 11) is 0. The van der Waals surface area contributed by atoms with Gasteiger partial charge in [-0.25, -0.2) is 9.18 Å². The molecule has 0 aliphatic rings. The highest BCUT2D eigenvalue weighted by Gasteiger charge is 2.11. The van der Waals surface area contributed by atoms with Crippen LogP contribution in [0.25, 0.3) is 0 Å². The van der Waals surface area contributed by atoms with Crippen LogP contribution in [-0.4, -0.2) is 17.7 Å². The van der Waals surface area contributed by atoms with Crippen molar-refractivity contribution in [2.24, 2.45) is 5.41 Å². The van der Waals surface area contributed by atoms with Crippen molar-refractivity contribution < 1.29 is 19.0 Å². The quantitative estimate of drug-likeness (QED) is 0.818. The van der Waals surface area contributed by atoms with Gasteiger partial charge in [0.15, 0.2) is 0 Å². The molecule has 0 amide bonds. The van der Waals surface area contributed by atoms with Crippen LogP contribution in [0.4, 0.5) is 4.39 Å². The molecule has 0 bridgehead atoms. The van der Waals surface area contributed by atoms with Gasteiger partial charge in [-0.15, -0.1) is 0 Å². The van der Waals surface area contributed by atoms with Gasteiger partial charge >= 0.3 is 5.97 Å². The number of benzene rings is 1. The molecule has 0 unspecified atom stereocenters. The number of carbonyl (C=O) groups is 1. The number of carboxylic acids is 1. The van der Waals surface area contributed by atoms with Crippen molar-refractivity contribution in [1.82, 2.24) is 0 Å². The van der Waals surface area contributed by atoms with Crippen LogP contribution in [0, 0.1) is 11.2 Å². The lowest BCUT2D eigenvalue weighted by atomic mass is 9.93. The largest absolute Gasteiger partial charge is 0.478 e. The molecular formula is C14H19FO3. The van der Waals surface area contributed by atoms with E-state index < -0.39 is 11.8 Å². The van der Waals surface area contributed by atoms with Crippen LogP contribution in [0.3, 0.4) is 0 Å². The molecule has 0 heterocycles. The van der Waals surface area contributed by atoms with E-state index in [4.69, 9.17) is 9.84 Å². The van der Waals surface area contributed by atoms with E-state index in [0.717, 1.165) is 6.42 Å². The average Bonchev–Trinajstić information content (AvgIpc) is 2.22.